The molecular formula is C13H21F2N3O2S. The molecule has 0 spiro atoms. The predicted molar refractivity (Wildman–Crippen MR) is 78.4 cm³/mol. The van der Waals surface area contributed by atoms with Crippen molar-refractivity contribution in [3.8, 4) is 0 Å². The van der Waals surface area contributed by atoms with Gasteiger partial charge in [-0.1, -0.05) is 6.92 Å². The average molecular weight is 321 g/mol. The molecule has 0 bridgehead atoms. The number of hydrogen-bond donors (Lipinski definition) is 1. The van der Waals surface area contributed by atoms with Crippen LogP contribution >= 0.6 is 0 Å². The first-order valence-corrected chi connectivity index (χ1v) is 8.03. The van der Waals surface area contributed by atoms with E-state index in [1.165, 1.54) is 0 Å². The van der Waals surface area contributed by atoms with Gasteiger partial charge in [0.1, 0.15) is 4.90 Å². The van der Waals surface area contributed by atoms with Crippen LogP contribution in [-0.2, 0) is 10.0 Å². The van der Waals surface area contributed by atoms with Gasteiger partial charge in [-0.15, -0.1) is 0 Å². The molecule has 0 aliphatic heterocycles. The molecule has 8 heteroatoms. The third-order valence-corrected chi connectivity index (χ3v) is 4.97. The highest BCUT2D eigenvalue weighted by molar-refractivity contribution is 7.89. The smallest absolute Gasteiger partial charge is 0.246 e. The summed E-state index contributed by atoms with van der Waals surface area (Å²) >= 11 is 0. The van der Waals surface area contributed by atoms with E-state index >= 15 is 0 Å². The Morgan fingerprint density at radius 2 is 1.81 bits per heavy atom. The van der Waals surface area contributed by atoms with Crippen LogP contribution in [0.2, 0.25) is 0 Å². The topological polar surface area (TPSA) is 66.6 Å². The van der Waals surface area contributed by atoms with Gasteiger partial charge in [0.2, 0.25) is 10.0 Å². The second-order valence-electron chi connectivity index (χ2n) is 4.97. The standard InChI is InChI=1S/C13H21F2N3O2S/c1-4-18(7-5-6-17(2)3)21(19,20)12-9-10(16)8-11(14)13(12)15/h8-9H,4-7,16H2,1-3H3. The zero-order chi connectivity index (χ0) is 16.2. The van der Waals surface area contributed by atoms with Crippen LogP contribution in [0.3, 0.4) is 0 Å². The molecule has 1 rings (SSSR count). The molecule has 0 amide bonds. The van der Waals surface area contributed by atoms with Crippen LogP contribution < -0.4 is 5.73 Å². The van der Waals surface area contributed by atoms with E-state index in [-0.39, 0.29) is 18.8 Å². The zero-order valence-corrected chi connectivity index (χ0v) is 13.3. The van der Waals surface area contributed by atoms with E-state index in [0.29, 0.717) is 13.0 Å². The minimum Gasteiger partial charge on any atom is -0.399 e. The highest BCUT2D eigenvalue weighted by atomic mass is 32.2. The number of anilines is 1. The summed E-state index contributed by atoms with van der Waals surface area (Å²) in [5.41, 5.74) is 5.28. The highest BCUT2D eigenvalue weighted by Gasteiger charge is 2.28. The third-order valence-electron chi connectivity index (χ3n) is 3.00. The van der Waals surface area contributed by atoms with Crippen LogP contribution in [0, 0.1) is 11.6 Å². The van der Waals surface area contributed by atoms with Crippen LogP contribution in [-0.4, -0.2) is 51.4 Å². The molecule has 0 atom stereocenters. The maximum absolute atomic E-state index is 13.8. The normalized spacial score (nSPS) is 12.3. The molecule has 0 unspecified atom stereocenters. The largest absolute Gasteiger partial charge is 0.399 e. The minimum atomic E-state index is -4.10. The van der Waals surface area contributed by atoms with Crippen molar-refractivity contribution in [2.24, 2.45) is 0 Å². The molecular weight excluding hydrogens is 300 g/mol. The molecule has 5 nitrogen and oxygen atoms in total. The monoisotopic (exact) mass is 321 g/mol. The Labute approximate surface area is 124 Å². The van der Waals surface area contributed by atoms with Gasteiger partial charge in [-0.2, -0.15) is 4.31 Å². The summed E-state index contributed by atoms with van der Waals surface area (Å²) in [6, 6.07) is 1.71. The summed E-state index contributed by atoms with van der Waals surface area (Å²) in [6.07, 6.45) is 0.590. The zero-order valence-electron chi connectivity index (χ0n) is 12.4. The lowest BCUT2D eigenvalue weighted by Crippen LogP contribution is -2.34. The Balaban J connectivity index is 3.08. The molecule has 0 aliphatic rings. The molecule has 0 aromatic heterocycles. The Hall–Kier alpha value is -1.25. The number of sulfonamides is 1. The Kier molecular flexibility index (Phi) is 6.06. The van der Waals surface area contributed by atoms with Gasteiger partial charge in [0.05, 0.1) is 0 Å². The molecule has 0 aliphatic carbocycles. The maximum Gasteiger partial charge on any atom is 0.246 e. The van der Waals surface area contributed by atoms with E-state index in [1.54, 1.807) is 6.92 Å². The molecule has 120 valence electrons. The van der Waals surface area contributed by atoms with Crippen LogP contribution in [0.5, 0.6) is 0 Å². The third kappa shape index (κ3) is 4.36. The number of halogens is 2. The van der Waals surface area contributed by atoms with E-state index in [9.17, 15) is 17.2 Å². The summed E-state index contributed by atoms with van der Waals surface area (Å²) in [4.78, 5) is 1.20. The first kappa shape index (κ1) is 17.8. The number of nitrogens with zero attached hydrogens (tertiary/aromatic N) is 2. The summed E-state index contributed by atoms with van der Waals surface area (Å²) in [5, 5.41) is 0. The molecule has 0 saturated carbocycles. The van der Waals surface area contributed by atoms with Gasteiger partial charge in [-0.05, 0) is 39.2 Å². The van der Waals surface area contributed by atoms with E-state index in [0.717, 1.165) is 16.4 Å². The van der Waals surface area contributed by atoms with Crippen molar-refractivity contribution in [2.45, 2.75) is 18.2 Å². The second-order valence-corrected chi connectivity index (χ2v) is 6.87. The molecule has 0 saturated heterocycles. The first-order chi connectivity index (χ1) is 9.70. The maximum atomic E-state index is 13.8. The van der Waals surface area contributed by atoms with Crippen LogP contribution in [0.1, 0.15) is 13.3 Å². The van der Waals surface area contributed by atoms with E-state index in [1.807, 2.05) is 19.0 Å². The molecule has 0 fully saturated rings. The predicted octanol–water partition coefficient (Wildman–Crippen LogP) is 1.51. The van der Waals surface area contributed by atoms with Crippen molar-refractivity contribution < 1.29 is 17.2 Å². The number of rotatable bonds is 7. The molecule has 1 aromatic carbocycles. The Bertz CT molecular complexity index is 591. The lowest BCUT2D eigenvalue weighted by Gasteiger charge is -2.22. The average Bonchev–Trinajstić information content (AvgIpc) is 2.38. The second kappa shape index (κ2) is 7.15. The summed E-state index contributed by atoms with van der Waals surface area (Å²) in [6.45, 7) is 2.74. The number of hydrogen-bond acceptors (Lipinski definition) is 4. The van der Waals surface area contributed by atoms with Crippen molar-refractivity contribution in [1.82, 2.24) is 9.21 Å². The van der Waals surface area contributed by atoms with Crippen molar-refractivity contribution in [1.29, 1.82) is 0 Å². The summed E-state index contributed by atoms with van der Waals surface area (Å²) in [5.74, 6) is -2.66. The van der Waals surface area contributed by atoms with Gasteiger partial charge >= 0.3 is 0 Å². The fraction of sp³-hybridized carbons (Fsp3) is 0.538. The number of nitrogen functional groups attached to an aromatic ring is 1. The molecule has 0 heterocycles. The van der Waals surface area contributed by atoms with Gasteiger partial charge in [0.15, 0.2) is 11.6 Å². The lowest BCUT2D eigenvalue weighted by molar-refractivity contribution is 0.354. The van der Waals surface area contributed by atoms with Crippen molar-refractivity contribution >= 4 is 15.7 Å². The SMILES string of the molecule is CCN(CCCN(C)C)S(=O)(=O)c1cc(N)cc(F)c1F. The van der Waals surface area contributed by atoms with E-state index in [4.69, 9.17) is 5.73 Å². The molecule has 0 radical (unpaired) electrons. The van der Waals surface area contributed by atoms with Gasteiger partial charge in [-0.25, -0.2) is 17.2 Å². The van der Waals surface area contributed by atoms with Gasteiger partial charge in [0, 0.05) is 18.8 Å². The Morgan fingerprint density at radius 1 is 1.19 bits per heavy atom. The highest BCUT2D eigenvalue weighted by Crippen LogP contribution is 2.24. The summed E-state index contributed by atoms with van der Waals surface area (Å²) < 4.78 is 53.1. The van der Waals surface area contributed by atoms with Gasteiger partial charge in [-0.3, -0.25) is 0 Å². The quantitative estimate of drug-likeness (QED) is 0.773. The van der Waals surface area contributed by atoms with Crippen molar-refractivity contribution in [3.63, 3.8) is 0 Å². The fourth-order valence-electron chi connectivity index (χ4n) is 1.92. The van der Waals surface area contributed by atoms with Crippen LogP contribution in [0.4, 0.5) is 14.5 Å². The van der Waals surface area contributed by atoms with Gasteiger partial charge < -0.3 is 10.6 Å². The van der Waals surface area contributed by atoms with Gasteiger partial charge in [0.25, 0.3) is 0 Å². The summed E-state index contributed by atoms with van der Waals surface area (Å²) in [7, 11) is -0.359. The Morgan fingerprint density at radius 3 is 2.33 bits per heavy atom. The van der Waals surface area contributed by atoms with Crippen molar-refractivity contribution in [2.75, 3.05) is 39.5 Å². The van der Waals surface area contributed by atoms with E-state index in [2.05, 4.69) is 0 Å². The molecule has 1 aromatic rings. The molecule has 2 N–H and O–H groups in total. The number of benzene rings is 1. The van der Waals surface area contributed by atoms with Crippen molar-refractivity contribution in [3.05, 3.63) is 23.8 Å². The molecule has 21 heavy (non-hydrogen) atoms. The van der Waals surface area contributed by atoms with E-state index < -0.39 is 26.6 Å². The van der Waals surface area contributed by atoms with Crippen LogP contribution in [0.25, 0.3) is 0 Å². The number of nitrogens with two attached hydrogens (primary N) is 1. The minimum absolute atomic E-state index is 0.128. The van der Waals surface area contributed by atoms with Crippen LogP contribution in [0.15, 0.2) is 17.0 Å². The fourth-order valence-corrected chi connectivity index (χ4v) is 3.52. The first-order valence-electron chi connectivity index (χ1n) is 6.59. The lowest BCUT2D eigenvalue weighted by atomic mass is 10.3.